The Kier molecular flexibility index (Phi) is 1.48. The molecule has 0 bridgehead atoms. The van der Waals surface area contributed by atoms with Crippen LogP contribution < -0.4 is 10.9 Å². The van der Waals surface area contributed by atoms with Crippen LogP contribution in [0.1, 0.15) is 15.9 Å². The van der Waals surface area contributed by atoms with Gasteiger partial charge in [-0.25, -0.2) is 0 Å². The van der Waals surface area contributed by atoms with Crippen molar-refractivity contribution >= 4 is 16.8 Å². The van der Waals surface area contributed by atoms with Gasteiger partial charge >= 0.3 is 0 Å². The summed E-state index contributed by atoms with van der Waals surface area (Å²) in [6.07, 6.45) is 0. The van der Waals surface area contributed by atoms with E-state index in [1.807, 2.05) is 18.2 Å². The lowest BCUT2D eigenvalue weighted by Gasteiger charge is -2.01. The molecule has 0 spiro atoms. The molecule has 1 aromatic heterocycles. The summed E-state index contributed by atoms with van der Waals surface area (Å²) in [5, 5.41) is 3.47. The van der Waals surface area contributed by atoms with Gasteiger partial charge in [-0.3, -0.25) is 9.59 Å². The zero-order valence-electron chi connectivity index (χ0n) is 7.83. The fourth-order valence-corrected chi connectivity index (χ4v) is 1.97. The number of carbonyl (C=O) groups is 1. The zero-order valence-corrected chi connectivity index (χ0v) is 7.83. The van der Waals surface area contributed by atoms with Crippen LogP contribution in [0.5, 0.6) is 0 Å². The first-order valence-electron chi connectivity index (χ1n) is 4.69. The van der Waals surface area contributed by atoms with Gasteiger partial charge in [-0.05, 0) is 6.07 Å². The molecule has 0 atom stereocenters. The molecular formula is C11H8N2O2. The second kappa shape index (κ2) is 2.70. The largest absolute Gasteiger partial charge is 0.348 e. The third kappa shape index (κ3) is 1.01. The average molecular weight is 200 g/mol. The minimum absolute atomic E-state index is 0.160. The van der Waals surface area contributed by atoms with Crippen molar-refractivity contribution in [2.75, 3.05) is 0 Å². The highest BCUT2D eigenvalue weighted by Crippen LogP contribution is 2.21. The lowest BCUT2D eigenvalue weighted by molar-refractivity contribution is 0.0967. The van der Waals surface area contributed by atoms with Crippen LogP contribution in [-0.4, -0.2) is 10.9 Å². The summed E-state index contributed by atoms with van der Waals surface area (Å²) >= 11 is 0. The molecule has 2 N–H and O–H groups in total. The van der Waals surface area contributed by atoms with Crippen molar-refractivity contribution in [1.82, 2.24) is 10.3 Å². The van der Waals surface area contributed by atoms with Gasteiger partial charge in [0.2, 0.25) is 0 Å². The zero-order chi connectivity index (χ0) is 10.4. The monoisotopic (exact) mass is 200 g/mol. The molecule has 74 valence electrons. The third-order valence-corrected chi connectivity index (χ3v) is 2.67. The van der Waals surface area contributed by atoms with Crippen molar-refractivity contribution in [2.45, 2.75) is 6.54 Å². The Bertz CT molecular complexity index is 628. The van der Waals surface area contributed by atoms with Crippen molar-refractivity contribution in [3.8, 4) is 0 Å². The molecule has 4 heteroatoms. The van der Waals surface area contributed by atoms with E-state index >= 15 is 0 Å². The first-order chi connectivity index (χ1) is 7.27. The molecule has 4 nitrogen and oxygen atoms in total. The lowest BCUT2D eigenvalue weighted by atomic mass is 10.1. The second-order valence-electron chi connectivity index (χ2n) is 3.54. The Morgan fingerprint density at radius 3 is 2.80 bits per heavy atom. The number of para-hydroxylation sites is 1. The number of aromatic nitrogens is 1. The molecular weight excluding hydrogens is 192 g/mol. The third-order valence-electron chi connectivity index (χ3n) is 2.67. The highest BCUT2D eigenvalue weighted by atomic mass is 16.2. The predicted molar refractivity (Wildman–Crippen MR) is 55.7 cm³/mol. The van der Waals surface area contributed by atoms with E-state index in [1.54, 1.807) is 6.07 Å². The summed E-state index contributed by atoms with van der Waals surface area (Å²) in [6.45, 7) is 0.328. The van der Waals surface area contributed by atoms with Gasteiger partial charge in [0.05, 0.1) is 5.56 Å². The Labute approximate surface area is 84.9 Å². The SMILES string of the molecule is O=C1NCc2c1c1ccccc1[nH]c2=O. The fraction of sp³-hybridized carbons (Fsp3) is 0.0909. The number of nitrogens with one attached hydrogen (secondary N) is 2. The van der Waals surface area contributed by atoms with Gasteiger partial charge in [-0.1, -0.05) is 18.2 Å². The summed E-state index contributed by atoms with van der Waals surface area (Å²) in [6, 6.07) is 7.32. The van der Waals surface area contributed by atoms with E-state index < -0.39 is 0 Å². The van der Waals surface area contributed by atoms with E-state index in [0.29, 0.717) is 23.2 Å². The van der Waals surface area contributed by atoms with Gasteiger partial charge in [0.1, 0.15) is 0 Å². The van der Waals surface area contributed by atoms with Crippen LogP contribution in [0, 0.1) is 0 Å². The summed E-state index contributed by atoms with van der Waals surface area (Å²) in [7, 11) is 0. The Hall–Kier alpha value is -2.10. The number of fused-ring (bicyclic) bond motifs is 3. The van der Waals surface area contributed by atoms with Gasteiger partial charge in [-0.15, -0.1) is 0 Å². The quantitative estimate of drug-likeness (QED) is 0.659. The molecule has 0 aliphatic carbocycles. The molecule has 1 aliphatic heterocycles. The van der Waals surface area contributed by atoms with Crippen molar-refractivity contribution in [1.29, 1.82) is 0 Å². The maximum Gasteiger partial charge on any atom is 0.254 e. The van der Waals surface area contributed by atoms with Crippen LogP contribution in [0.15, 0.2) is 29.1 Å². The number of benzene rings is 1. The Morgan fingerprint density at radius 1 is 1.13 bits per heavy atom. The molecule has 1 aromatic carbocycles. The van der Waals surface area contributed by atoms with Crippen LogP contribution in [0.2, 0.25) is 0 Å². The molecule has 2 heterocycles. The summed E-state index contributed by atoms with van der Waals surface area (Å²) in [5.74, 6) is -0.160. The van der Waals surface area contributed by atoms with Gasteiger partial charge in [0.15, 0.2) is 0 Å². The van der Waals surface area contributed by atoms with E-state index in [0.717, 1.165) is 5.39 Å². The van der Waals surface area contributed by atoms with Crippen molar-refractivity contribution in [3.63, 3.8) is 0 Å². The van der Waals surface area contributed by atoms with Crippen molar-refractivity contribution in [2.24, 2.45) is 0 Å². The van der Waals surface area contributed by atoms with Crippen LogP contribution in [0.4, 0.5) is 0 Å². The van der Waals surface area contributed by atoms with Gasteiger partial charge < -0.3 is 10.3 Å². The Morgan fingerprint density at radius 2 is 1.93 bits per heavy atom. The number of carbonyl (C=O) groups excluding carboxylic acids is 1. The van der Waals surface area contributed by atoms with Gasteiger partial charge in [0, 0.05) is 23.0 Å². The molecule has 0 unspecified atom stereocenters. The lowest BCUT2D eigenvalue weighted by Crippen LogP contribution is -2.13. The van der Waals surface area contributed by atoms with Gasteiger partial charge in [0.25, 0.3) is 11.5 Å². The summed E-state index contributed by atoms with van der Waals surface area (Å²) in [5.41, 5.74) is 1.59. The van der Waals surface area contributed by atoms with Crippen LogP contribution in [0.25, 0.3) is 10.9 Å². The average Bonchev–Trinajstić information content (AvgIpc) is 2.62. The van der Waals surface area contributed by atoms with E-state index in [-0.39, 0.29) is 11.5 Å². The molecule has 1 amide bonds. The minimum Gasteiger partial charge on any atom is -0.348 e. The normalized spacial score (nSPS) is 14.0. The number of amides is 1. The fourth-order valence-electron chi connectivity index (χ4n) is 1.97. The van der Waals surface area contributed by atoms with E-state index in [9.17, 15) is 9.59 Å². The molecule has 0 saturated heterocycles. The predicted octanol–water partition coefficient (Wildman–Crippen LogP) is 0.771. The highest BCUT2D eigenvalue weighted by molar-refractivity contribution is 6.09. The number of pyridine rings is 1. The van der Waals surface area contributed by atoms with Crippen LogP contribution in [0.3, 0.4) is 0 Å². The van der Waals surface area contributed by atoms with E-state index in [4.69, 9.17) is 0 Å². The number of hydrogen-bond donors (Lipinski definition) is 2. The Balaban J connectivity index is 2.56. The number of hydrogen-bond acceptors (Lipinski definition) is 2. The van der Waals surface area contributed by atoms with Crippen molar-refractivity contribution < 1.29 is 4.79 Å². The molecule has 0 fully saturated rings. The molecule has 1 aliphatic rings. The van der Waals surface area contributed by atoms with Crippen molar-refractivity contribution in [3.05, 3.63) is 45.7 Å². The molecule has 0 radical (unpaired) electrons. The summed E-state index contributed by atoms with van der Waals surface area (Å²) < 4.78 is 0. The standard InChI is InChI=1S/C11H8N2O2/c14-10-7-5-12-11(15)9(7)6-3-1-2-4-8(6)13-10/h1-4H,5H2,(H,12,15)(H,13,14). The number of aromatic amines is 1. The first kappa shape index (κ1) is 8.23. The topological polar surface area (TPSA) is 62.0 Å². The molecule has 0 saturated carbocycles. The maximum absolute atomic E-state index is 11.6. The van der Waals surface area contributed by atoms with Crippen LogP contribution in [-0.2, 0) is 6.54 Å². The number of H-pyrrole nitrogens is 1. The highest BCUT2D eigenvalue weighted by Gasteiger charge is 2.24. The smallest absolute Gasteiger partial charge is 0.254 e. The maximum atomic E-state index is 11.6. The van der Waals surface area contributed by atoms with Gasteiger partial charge in [-0.2, -0.15) is 0 Å². The van der Waals surface area contributed by atoms with E-state index in [2.05, 4.69) is 10.3 Å². The van der Waals surface area contributed by atoms with Crippen LogP contribution >= 0.6 is 0 Å². The minimum atomic E-state index is -0.179. The van der Waals surface area contributed by atoms with E-state index in [1.165, 1.54) is 0 Å². The summed E-state index contributed by atoms with van der Waals surface area (Å²) in [4.78, 5) is 26.0. The second-order valence-corrected chi connectivity index (χ2v) is 3.54. The first-order valence-corrected chi connectivity index (χ1v) is 4.69. The molecule has 3 rings (SSSR count). The molecule has 2 aromatic rings. The molecule has 15 heavy (non-hydrogen) atoms. The number of rotatable bonds is 0.